The van der Waals surface area contributed by atoms with Gasteiger partial charge in [0.25, 0.3) is 5.91 Å². The molecule has 0 unspecified atom stereocenters. The number of piperidine rings is 1. The fraction of sp³-hybridized carbons (Fsp3) is 0.353. The van der Waals surface area contributed by atoms with Crippen LogP contribution in [0.4, 0.5) is 11.6 Å². The van der Waals surface area contributed by atoms with Gasteiger partial charge in [-0.15, -0.1) is 0 Å². The number of hydrogen-bond donors (Lipinski definition) is 1. The molecule has 5 nitrogen and oxygen atoms in total. The largest absolute Gasteiger partial charge is 0.337 e. The fourth-order valence-electron chi connectivity index (χ4n) is 2.60. The maximum absolute atomic E-state index is 12.5. The van der Waals surface area contributed by atoms with Crippen molar-refractivity contribution in [2.45, 2.75) is 26.2 Å². The second-order valence-corrected chi connectivity index (χ2v) is 6.11. The monoisotopic (exact) mass is 330 g/mol. The van der Waals surface area contributed by atoms with Crippen LogP contribution >= 0.6 is 11.6 Å². The van der Waals surface area contributed by atoms with E-state index in [1.807, 2.05) is 30.0 Å². The lowest BCUT2D eigenvalue weighted by Gasteiger charge is -2.26. The van der Waals surface area contributed by atoms with Crippen LogP contribution in [0.25, 0.3) is 0 Å². The van der Waals surface area contributed by atoms with Gasteiger partial charge in [-0.05, 0) is 49.9 Å². The fourth-order valence-corrected chi connectivity index (χ4v) is 2.78. The molecule has 1 saturated heterocycles. The van der Waals surface area contributed by atoms with E-state index < -0.39 is 0 Å². The number of benzene rings is 1. The predicted molar refractivity (Wildman–Crippen MR) is 91.3 cm³/mol. The number of anilines is 2. The summed E-state index contributed by atoms with van der Waals surface area (Å²) >= 11 is 6.12. The molecular weight excluding hydrogens is 312 g/mol. The van der Waals surface area contributed by atoms with Gasteiger partial charge in [0.05, 0.1) is 0 Å². The van der Waals surface area contributed by atoms with Gasteiger partial charge in [0, 0.05) is 30.0 Å². The highest BCUT2D eigenvalue weighted by atomic mass is 35.5. The molecule has 1 aliphatic rings. The van der Waals surface area contributed by atoms with Crippen LogP contribution in [0.5, 0.6) is 0 Å². The molecule has 2 heterocycles. The molecule has 0 aliphatic carbocycles. The first-order valence-electron chi connectivity index (χ1n) is 7.79. The van der Waals surface area contributed by atoms with E-state index in [-0.39, 0.29) is 5.91 Å². The molecule has 1 amide bonds. The summed E-state index contributed by atoms with van der Waals surface area (Å²) in [4.78, 5) is 22.9. The molecule has 1 aromatic carbocycles. The van der Waals surface area contributed by atoms with Crippen LogP contribution < -0.4 is 5.32 Å². The lowest BCUT2D eigenvalue weighted by Crippen LogP contribution is -2.36. The van der Waals surface area contributed by atoms with E-state index in [0.717, 1.165) is 37.2 Å². The number of carbonyl (C=O) groups is 1. The molecule has 0 radical (unpaired) electrons. The number of nitrogens with one attached hydrogen (secondary N) is 1. The average Bonchev–Trinajstić information content (AvgIpc) is 2.58. The maximum Gasteiger partial charge on any atom is 0.272 e. The van der Waals surface area contributed by atoms with Crippen molar-refractivity contribution in [3.8, 4) is 0 Å². The minimum atomic E-state index is -0.0305. The number of hydrogen-bond acceptors (Lipinski definition) is 4. The molecule has 0 saturated carbocycles. The van der Waals surface area contributed by atoms with Crippen molar-refractivity contribution in [3.05, 3.63) is 46.7 Å². The minimum Gasteiger partial charge on any atom is -0.337 e. The van der Waals surface area contributed by atoms with Crippen LogP contribution in [0.1, 0.15) is 35.3 Å². The number of likely N-dealkylation sites (tertiary alicyclic amines) is 1. The standard InChI is InChI=1S/C17H19ClN4O/c1-12-5-6-13(11-14(12)18)20-17-19-8-7-15(21-17)16(23)22-9-3-2-4-10-22/h5-8,11H,2-4,9-10H2,1H3,(H,19,20,21). The summed E-state index contributed by atoms with van der Waals surface area (Å²) in [6, 6.07) is 7.31. The first-order chi connectivity index (χ1) is 11.1. The molecule has 1 N–H and O–H groups in total. The number of aromatic nitrogens is 2. The van der Waals surface area contributed by atoms with Crippen molar-refractivity contribution in [2.24, 2.45) is 0 Å². The van der Waals surface area contributed by atoms with Crippen LogP contribution in [0.15, 0.2) is 30.5 Å². The zero-order valence-corrected chi connectivity index (χ0v) is 13.8. The van der Waals surface area contributed by atoms with Gasteiger partial charge in [-0.25, -0.2) is 9.97 Å². The van der Waals surface area contributed by atoms with Crippen LogP contribution in [0, 0.1) is 6.92 Å². The topological polar surface area (TPSA) is 58.1 Å². The summed E-state index contributed by atoms with van der Waals surface area (Å²) in [5, 5.41) is 3.77. The lowest BCUT2D eigenvalue weighted by molar-refractivity contribution is 0.0718. The van der Waals surface area contributed by atoms with Crippen molar-refractivity contribution < 1.29 is 4.79 Å². The van der Waals surface area contributed by atoms with Gasteiger partial charge >= 0.3 is 0 Å². The number of nitrogens with zero attached hydrogens (tertiary/aromatic N) is 3. The second-order valence-electron chi connectivity index (χ2n) is 5.71. The Hall–Kier alpha value is -2.14. The third-order valence-electron chi connectivity index (χ3n) is 3.95. The summed E-state index contributed by atoms with van der Waals surface area (Å²) < 4.78 is 0. The SMILES string of the molecule is Cc1ccc(Nc2nccc(C(=O)N3CCCCC3)n2)cc1Cl. The smallest absolute Gasteiger partial charge is 0.272 e. The van der Waals surface area contributed by atoms with Crippen molar-refractivity contribution in [1.29, 1.82) is 0 Å². The number of aryl methyl sites for hydroxylation is 1. The number of halogens is 1. The summed E-state index contributed by atoms with van der Waals surface area (Å²) in [5.74, 6) is 0.366. The molecular formula is C17H19ClN4O. The summed E-state index contributed by atoms with van der Waals surface area (Å²) in [6.45, 7) is 3.55. The van der Waals surface area contributed by atoms with Crippen LogP contribution in [0.2, 0.25) is 5.02 Å². The lowest BCUT2D eigenvalue weighted by atomic mass is 10.1. The summed E-state index contributed by atoms with van der Waals surface area (Å²) in [6.07, 6.45) is 4.91. The Morgan fingerprint density at radius 3 is 2.74 bits per heavy atom. The average molecular weight is 331 g/mol. The van der Waals surface area contributed by atoms with Crippen molar-refractivity contribution >= 4 is 29.1 Å². The van der Waals surface area contributed by atoms with Gasteiger partial charge in [0.15, 0.2) is 0 Å². The van der Waals surface area contributed by atoms with E-state index in [9.17, 15) is 4.79 Å². The quantitative estimate of drug-likeness (QED) is 0.929. The molecule has 23 heavy (non-hydrogen) atoms. The predicted octanol–water partition coefficient (Wildman–Crippen LogP) is 3.81. The third kappa shape index (κ3) is 3.79. The van der Waals surface area contributed by atoms with Crippen molar-refractivity contribution in [3.63, 3.8) is 0 Å². The first-order valence-corrected chi connectivity index (χ1v) is 8.17. The molecule has 0 atom stereocenters. The van der Waals surface area contributed by atoms with Crippen LogP contribution in [-0.2, 0) is 0 Å². The van der Waals surface area contributed by atoms with Crippen LogP contribution in [0.3, 0.4) is 0 Å². The molecule has 120 valence electrons. The minimum absolute atomic E-state index is 0.0305. The molecule has 1 fully saturated rings. The number of rotatable bonds is 3. The highest BCUT2D eigenvalue weighted by Gasteiger charge is 2.19. The third-order valence-corrected chi connectivity index (χ3v) is 4.35. The Bertz CT molecular complexity index is 713. The number of amides is 1. The summed E-state index contributed by atoms with van der Waals surface area (Å²) in [5.41, 5.74) is 2.22. The Labute approximate surface area is 140 Å². The van der Waals surface area contributed by atoms with Gasteiger partial charge in [0.1, 0.15) is 5.69 Å². The van der Waals surface area contributed by atoms with Gasteiger partial charge < -0.3 is 10.2 Å². The second kappa shape index (κ2) is 6.96. The van der Waals surface area contributed by atoms with Gasteiger partial charge in [-0.3, -0.25) is 4.79 Å². The van der Waals surface area contributed by atoms with Crippen LogP contribution in [-0.4, -0.2) is 33.9 Å². The van der Waals surface area contributed by atoms with Crippen molar-refractivity contribution in [1.82, 2.24) is 14.9 Å². The van der Waals surface area contributed by atoms with E-state index in [1.54, 1.807) is 12.3 Å². The highest BCUT2D eigenvalue weighted by molar-refractivity contribution is 6.31. The van der Waals surface area contributed by atoms with Crippen molar-refractivity contribution in [2.75, 3.05) is 18.4 Å². The number of carbonyl (C=O) groups excluding carboxylic acids is 1. The summed E-state index contributed by atoms with van der Waals surface area (Å²) in [7, 11) is 0. The zero-order valence-electron chi connectivity index (χ0n) is 13.1. The highest BCUT2D eigenvalue weighted by Crippen LogP contribution is 2.22. The maximum atomic E-state index is 12.5. The normalized spacial score (nSPS) is 14.6. The molecule has 0 spiro atoms. The molecule has 1 aliphatic heterocycles. The molecule has 6 heteroatoms. The molecule has 3 rings (SSSR count). The van der Waals surface area contributed by atoms with Gasteiger partial charge in [-0.2, -0.15) is 0 Å². The van der Waals surface area contributed by atoms with E-state index >= 15 is 0 Å². The van der Waals surface area contributed by atoms with E-state index in [2.05, 4.69) is 15.3 Å². The Morgan fingerprint density at radius 1 is 1.22 bits per heavy atom. The van der Waals surface area contributed by atoms with E-state index in [4.69, 9.17) is 11.6 Å². The Kier molecular flexibility index (Phi) is 4.76. The van der Waals surface area contributed by atoms with Gasteiger partial charge in [-0.1, -0.05) is 17.7 Å². The molecule has 1 aromatic heterocycles. The molecule has 2 aromatic rings. The molecule has 0 bridgehead atoms. The van der Waals surface area contributed by atoms with E-state index in [0.29, 0.717) is 16.7 Å². The van der Waals surface area contributed by atoms with Gasteiger partial charge in [0.2, 0.25) is 5.95 Å². The zero-order chi connectivity index (χ0) is 16.2. The van der Waals surface area contributed by atoms with E-state index in [1.165, 1.54) is 6.42 Å². The Morgan fingerprint density at radius 2 is 2.00 bits per heavy atom. The Balaban J connectivity index is 1.76. The first kappa shape index (κ1) is 15.7.